The standard InChI is InChI=1S/C11H7BrFN3O3/c12-9-4-14-6-15(11(9)17)5-7-3-8(13)1-2-10(7)16(18)19/h1-4,6H,5H2. The molecule has 2 rings (SSSR count). The fraction of sp³-hybridized carbons (Fsp3) is 0.0909. The van der Waals surface area contributed by atoms with E-state index >= 15 is 0 Å². The number of nitro groups is 1. The Kier molecular flexibility index (Phi) is 3.70. The number of halogens is 2. The van der Waals surface area contributed by atoms with Crippen LogP contribution < -0.4 is 5.56 Å². The third kappa shape index (κ3) is 2.84. The Labute approximate surface area is 114 Å². The molecule has 8 heteroatoms. The van der Waals surface area contributed by atoms with Gasteiger partial charge in [0.2, 0.25) is 0 Å². The Hall–Kier alpha value is -2.09. The first-order valence-corrected chi connectivity index (χ1v) is 5.91. The van der Waals surface area contributed by atoms with Crippen molar-refractivity contribution >= 4 is 21.6 Å². The first-order valence-electron chi connectivity index (χ1n) is 5.12. The molecule has 19 heavy (non-hydrogen) atoms. The number of rotatable bonds is 3. The Morgan fingerprint density at radius 2 is 2.21 bits per heavy atom. The van der Waals surface area contributed by atoms with Crippen molar-refractivity contribution in [2.75, 3.05) is 0 Å². The van der Waals surface area contributed by atoms with Crippen molar-refractivity contribution in [2.45, 2.75) is 6.54 Å². The SMILES string of the molecule is O=c1c(Br)cncn1Cc1cc(F)ccc1[N+](=O)[O-]. The monoisotopic (exact) mass is 327 g/mol. The third-order valence-corrected chi connectivity index (χ3v) is 2.98. The Bertz CT molecular complexity index is 702. The van der Waals surface area contributed by atoms with Crippen LogP contribution in [-0.4, -0.2) is 14.5 Å². The summed E-state index contributed by atoms with van der Waals surface area (Å²) in [5, 5.41) is 10.8. The zero-order chi connectivity index (χ0) is 14.0. The van der Waals surface area contributed by atoms with Crippen molar-refractivity contribution in [1.82, 2.24) is 9.55 Å². The summed E-state index contributed by atoms with van der Waals surface area (Å²) in [7, 11) is 0. The molecule has 2 aromatic rings. The first-order chi connectivity index (χ1) is 8.99. The van der Waals surface area contributed by atoms with Crippen molar-refractivity contribution in [1.29, 1.82) is 0 Å². The van der Waals surface area contributed by atoms with Crippen LogP contribution in [0.3, 0.4) is 0 Å². The van der Waals surface area contributed by atoms with E-state index in [-0.39, 0.29) is 22.3 Å². The highest BCUT2D eigenvalue weighted by Crippen LogP contribution is 2.20. The molecule has 0 unspecified atom stereocenters. The van der Waals surface area contributed by atoms with Gasteiger partial charge >= 0.3 is 0 Å². The minimum absolute atomic E-state index is 0.104. The zero-order valence-electron chi connectivity index (χ0n) is 9.42. The van der Waals surface area contributed by atoms with Crippen molar-refractivity contribution in [2.24, 2.45) is 0 Å². The Morgan fingerprint density at radius 3 is 2.89 bits per heavy atom. The maximum absolute atomic E-state index is 13.2. The maximum Gasteiger partial charge on any atom is 0.274 e. The van der Waals surface area contributed by atoms with Crippen LogP contribution in [-0.2, 0) is 6.54 Å². The Balaban J connectivity index is 2.48. The van der Waals surface area contributed by atoms with E-state index in [9.17, 15) is 19.3 Å². The highest BCUT2D eigenvalue weighted by atomic mass is 79.9. The van der Waals surface area contributed by atoms with Crippen molar-refractivity contribution in [3.8, 4) is 0 Å². The molecule has 0 bridgehead atoms. The largest absolute Gasteiger partial charge is 0.294 e. The average molecular weight is 328 g/mol. The van der Waals surface area contributed by atoms with E-state index in [1.165, 1.54) is 12.5 Å². The topological polar surface area (TPSA) is 78.0 Å². The van der Waals surface area contributed by atoms with Gasteiger partial charge in [-0.1, -0.05) is 0 Å². The highest BCUT2D eigenvalue weighted by molar-refractivity contribution is 9.10. The molecule has 0 N–H and O–H groups in total. The summed E-state index contributed by atoms with van der Waals surface area (Å²) >= 11 is 3.02. The van der Waals surface area contributed by atoms with Gasteiger partial charge in [0.25, 0.3) is 11.2 Å². The molecule has 0 aliphatic heterocycles. The number of hydrogen-bond acceptors (Lipinski definition) is 4. The fourth-order valence-electron chi connectivity index (χ4n) is 1.58. The van der Waals surface area contributed by atoms with Gasteiger partial charge in [0, 0.05) is 12.3 Å². The summed E-state index contributed by atoms with van der Waals surface area (Å²) in [6.45, 7) is -0.126. The minimum atomic E-state index is -0.620. The normalized spacial score (nSPS) is 10.4. The molecule has 6 nitrogen and oxygen atoms in total. The number of hydrogen-bond donors (Lipinski definition) is 0. The van der Waals surface area contributed by atoms with Crippen LogP contribution in [0.5, 0.6) is 0 Å². The van der Waals surface area contributed by atoms with E-state index in [0.717, 1.165) is 22.8 Å². The maximum atomic E-state index is 13.2. The molecule has 1 heterocycles. The van der Waals surface area contributed by atoms with Crippen molar-refractivity contribution in [3.63, 3.8) is 0 Å². The van der Waals surface area contributed by atoms with Gasteiger partial charge in [-0.3, -0.25) is 19.5 Å². The second-order valence-electron chi connectivity index (χ2n) is 3.70. The van der Waals surface area contributed by atoms with Gasteiger partial charge in [-0.05, 0) is 28.1 Å². The fourth-order valence-corrected chi connectivity index (χ4v) is 1.93. The Morgan fingerprint density at radius 1 is 1.47 bits per heavy atom. The smallest absolute Gasteiger partial charge is 0.274 e. The number of benzene rings is 1. The summed E-state index contributed by atoms with van der Waals surface area (Å²) < 4.78 is 14.5. The van der Waals surface area contributed by atoms with Gasteiger partial charge in [0.1, 0.15) is 10.3 Å². The number of nitro benzene ring substituents is 1. The predicted octanol–water partition coefficient (Wildman–Crippen LogP) is 2.10. The summed E-state index contributed by atoms with van der Waals surface area (Å²) in [6, 6.07) is 3.11. The number of aromatic nitrogens is 2. The molecule has 1 aromatic carbocycles. The highest BCUT2D eigenvalue weighted by Gasteiger charge is 2.15. The summed E-state index contributed by atoms with van der Waals surface area (Å²) in [5.41, 5.74) is -0.533. The van der Waals surface area contributed by atoms with E-state index in [4.69, 9.17) is 0 Å². The lowest BCUT2D eigenvalue weighted by atomic mass is 10.1. The molecule has 0 atom stereocenters. The first kappa shape index (κ1) is 13.3. The van der Waals surface area contributed by atoms with E-state index in [1.807, 2.05) is 0 Å². The molecule has 0 fully saturated rings. The van der Waals surface area contributed by atoms with Crippen molar-refractivity contribution in [3.05, 3.63) is 67.0 Å². The third-order valence-electron chi connectivity index (χ3n) is 2.44. The second kappa shape index (κ2) is 5.27. The molecule has 98 valence electrons. The van der Waals surface area contributed by atoms with Crippen LogP contribution in [0, 0.1) is 15.9 Å². The van der Waals surface area contributed by atoms with Crippen LogP contribution in [0.4, 0.5) is 10.1 Å². The molecule has 0 saturated heterocycles. The van der Waals surface area contributed by atoms with E-state index in [0.29, 0.717) is 0 Å². The van der Waals surface area contributed by atoms with Gasteiger partial charge in [-0.25, -0.2) is 9.37 Å². The predicted molar refractivity (Wildman–Crippen MR) is 68.4 cm³/mol. The van der Waals surface area contributed by atoms with E-state index < -0.39 is 16.3 Å². The van der Waals surface area contributed by atoms with Gasteiger partial charge in [-0.15, -0.1) is 0 Å². The van der Waals surface area contributed by atoms with Crippen LogP contribution in [0.15, 0.2) is 40.0 Å². The molecular formula is C11H7BrFN3O3. The van der Waals surface area contributed by atoms with Gasteiger partial charge < -0.3 is 0 Å². The summed E-state index contributed by atoms with van der Waals surface area (Å²) in [4.78, 5) is 25.8. The molecule has 0 amide bonds. The summed E-state index contributed by atoms with van der Waals surface area (Å²) in [6.07, 6.45) is 2.56. The summed E-state index contributed by atoms with van der Waals surface area (Å²) in [5.74, 6) is -0.600. The quantitative estimate of drug-likeness (QED) is 0.638. The van der Waals surface area contributed by atoms with Gasteiger partial charge in [0.15, 0.2) is 0 Å². The van der Waals surface area contributed by atoms with Crippen LogP contribution >= 0.6 is 15.9 Å². The lowest BCUT2D eigenvalue weighted by molar-refractivity contribution is -0.385. The van der Waals surface area contributed by atoms with E-state index in [1.54, 1.807) is 0 Å². The molecule has 0 aliphatic carbocycles. The number of nitrogens with zero attached hydrogens (tertiary/aromatic N) is 3. The molecule has 1 aromatic heterocycles. The van der Waals surface area contributed by atoms with Crippen LogP contribution in [0.1, 0.15) is 5.56 Å². The molecule has 0 spiro atoms. The molecular weight excluding hydrogens is 321 g/mol. The van der Waals surface area contributed by atoms with Gasteiger partial charge in [0.05, 0.1) is 23.4 Å². The average Bonchev–Trinajstić information content (AvgIpc) is 2.35. The zero-order valence-corrected chi connectivity index (χ0v) is 11.0. The van der Waals surface area contributed by atoms with E-state index in [2.05, 4.69) is 20.9 Å². The van der Waals surface area contributed by atoms with Gasteiger partial charge in [-0.2, -0.15) is 0 Å². The van der Waals surface area contributed by atoms with Crippen LogP contribution in [0.25, 0.3) is 0 Å². The second-order valence-corrected chi connectivity index (χ2v) is 4.56. The minimum Gasteiger partial charge on any atom is -0.294 e. The molecule has 0 radical (unpaired) electrons. The molecule has 0 aliphatic rings. The lowest BCUT2D eigenvalue weighted by Gasteiger charge is -2.06. The lowest BCUT2D eigenvalue weighted by Crippen LogP contribution is -2.21. The van der Waals surface area contributed by atoms with Crippen LogP contribution in [0.2, 0.25) is 0 Å². The van der Waals surface area contributed by atoms with Crippen molar-refractivity contribution < 1.29 is 9.31 Å². The molecule has 0 saturated carbocycles.